The van der Waals surface area contributed by atoms with Crippen molar-refractivity contribution in [3.63, 3.8) is 0 Å². The van der Waals surface area contributed by atoms with Gasteiger partial charge in [-0.05, 0) is 12.0 Å². The standard InChI is InChI=1S/C12H19NO2/c1-15-10-8-13-12(7-9-14)11-5-3-2-4-6-11/h2-6,12-14H,7-10H2,1H3. The lowest BCUT2D eigenvalue weighted by Gasteiger charge is -2.17. The second-order valence-electron chi connectivity index (χ2n) is 3.42. The SMILES string of the molecule is COCCNC(CCO)c1ccccc1. The summed E-state index contributed by atoms with van der Waals surface area (Å²) in [6.45, 7) is 1.68. The number of methoxy groups -OCH3 is 1. The monoisotopic (exact) mass is 209 g/mol. The van der Waals surface area contributed by atoms with Crippen LogP contribution in [0.5, 0.6) is 0 Å². The summed E-state index contributed by atoms with van der Waals surface area (Å²) in [5.74, 6) is 0. The van der Waals surface area contributed by atoms with Gasteiger partial charge in [-0.2, -0.15) is 0 Å². The van der Waals surface area contributed by atoms with Crippen LogP contribution >= 0.6 is 0 Å². The lowest BCUT2D eigenvalue weighted by atomic mass is 10.0. The Morgan fingerprint density at radius 3 is 2.67 bits per heavy atom. The molecule has 1 aromatic rings. The molecule has 0 fully saturated rings. The lowest BCUT2D eigenvalue weighted by molar-refractivity contribution is 0.191. The molecule has 1 unspecified atom stereocenters. The zero-order valence-electron chi connectivity index (χ0n) is 9.15. The van der Waals surface area contributed by atoms with Crippen LogP contribution in [0.25, 0.3) is 0 Å². The highest BCUT2D eigenvalue weighted by Gasteiger charge is 2.08. The van der Waals surface area contributed by atoms with Crippen molar-refractivity contribution in [1.82, 2.24) is 5.32 Å². The maximum absolute atomic E-state index is 8.98. The summed E-state index contributed by atoms with van der Waals surface area (Å²) in [7, 11) is 1.69. The fourth-order valence-electron chi connectivity index (χ4n) is 1.54. The number of aliphatic hydroxyl groups is 1. The third kappa shape index (κ3) is 4.42. The zero-order chi connectivity index (χ0) is 10.9. The van der Waals surface area contributed by atoms with Crippen molar-refractivity contribution in [3.8, 4) is 0 Å². The average Bonchev–Trinajstić information content (AvgIpc) is 2.29. The molecule has 1 aromatic carbocycles. The highest BCUT2D eigenvalue weighted by atomic mass is 16.5. The molecule has 0 bridgehead atoms. The van der Waals surface area contributed by atoms with Crippen LogP contribution in [0, 0.1) is 0 Å². The Bertz CT molecular complexity index is 251. The molecule has 0 aliphatic heterocycles. The molecule has 0 radical (unpaired) electrons. The van der Waals surface area contributed by atoms with Gasteiger partial charge in [0.2, 0.25) is 0 Å². The maximum atomic E-state index is 8.98. The summed E-state index contributed by atoms with van der Waals surface area (Å²) in [6.07, 6.45) is 0.730. The summed E-state index contributed by atoms with van der Waals surface area (Å²) in [5, 5.41) is 12.3. The molecule has 1 atom stereocenters. The molecule has 0 aromatic heterocycles. The lowest BCUT2D eigenvalue weighted by Crippen LogP contribution is -2.25. The third-order valence-corrected chi connectivity index (χ3v) is 2.32. The molecule has 1 rings (SSSR count). The summed E-state index contributed by atoms with van der Waals surface area (Å²) in [5.41, 5.74) is 1.21. The Morgan fingerprint density at radius 2 is 2.07 bits per heavy atom. The minimum absolute atomic E-state index is 0.194. The molecule has 0 amide bonds. The van der Waals surface area contributed by atoms with Crippen molar-refractivity contribution in [2.75, 3.05) is 26.9 Å². The molecule has 0 saturated carbocycles. The van der Waals surface area contributed by atoms with Gasteiger partial charge >= 0.3 is 0 Å². The first-order valence-corrected chi connectivity index (χ1v) is 5.26. The van der Waals surface area contributed by atoms with E-state index < -0.39 is 0 Å². The van der Waals surface area contributed by atoms with E-state index in [9.17, 15) is 0 Å². The number of hydrogen-bond donors (Lipinski definition) is 2. The van der Waals surface area contributed by atoms with E-state index in [0.717, 1.165) is 13.0 Å². The topological polar surface area (TPSA) is 41.5 Å². The molecule has 0 aliphatic rings. The molecular formula is C12H19NO2. The second-order valence-corrected chi connectivity index (χ2v) is 3.42. The maximum Gasteiger partial charge on any atom is 0.0587 e. The molecule has 0 heterocycles. The molecule has 3 nitrogen and oxygen atoms in total. The van der Waals surface area contributed by atoms with Gasteiger partial charge in [0.05, 0.1) is 6.61 Å². The van der Waals surface area contributed by atoms with Crippen LogP contribution in [0.2, 0.25) is 0 Å². The van der Waals surface area contributed by atoms with Gasteiger partial charge in [-0.1, -0.05) is 30.3 Å². The van der Waals surface area contributed by atoms with Gasteiger partial charge in [0.25, 0.3) is 0 Å². The number of nitrogens with one attached hydrogen (secondary N) is 1. The molecular weight excluding hydrogens is 190 g/mol. The largest absolute Gasteiger partial charge is 0.396 e. The molecule has 2 N–H and O–H groups in total. The first-order chi connectivity index (χ1) is 7.38. The van der Waals surface area contributed by atoms with Gasteiger partial charge in [0, 0.05) is 26.3 Å². The highest BCUT2D eigenvalue weighted by molar-refractivity contribution is 5.18. The van der Waals surface area contributed by atoms with Crippen molar-refractivity contribution < 1.29 is 9.84 Å². The minimum Gasteiger partial charge on any atom is -0.396 e. The molecule has 0 spiro atoms. The van der Waals surface area contributed by atoms with Crippen molar-refractivity contribution in [3.05, 3.63) is 35.9 Å². The predicted octanol–water partition coefficient (Wildman–Crippen LogP) is 1.35. The van der Waals surface area contributed by atoms with Gasteiger partial charge in [-0.3, -0.25) is 0 Å². The van der Waals surface area contributed by atoms with Gasteiger partial charge in [0.15, 0.2) is 0 Å². The van der Waals surface area contributed by atoms with E-state index in [-0.39, 0.29) is 12.6 Å². The van der Waals surface area contributed by atoms with Gasteiger partial charge in [0.1, 0.15) is 0 Å². The van der Waals surface area contributed by atoms with E-state index in [1.807, 2.05) is 18.2 Å². The van der Waals surface area contributed by atoms with Crippen LogP contribution in [0.1, 0.15) is 18.0 Å². The van der Waals surface area contributed by atoms with E-state index in [1.54, 1.807) is 7.11 Å². The molecule has 0 aliphatic carbocycles. The van der Waals surface area contributed by atoms with Crippen molar-refractivity contribution in [2.45, 2.75) is 12.5 Å². The Hall–Kier alpha value is -0.900. The number of rotatable bonds is 7. The van der Waals surface area contributed by atoms with Crippen LogP contribution in [0.4, 0.5) is 0 Å². The first kappa shape index (κ1) is 12.2. The molecule has 3 heteroatoms. The Morgan fingerprint density at radius 1 is 1.33 bits per heavy atom. The zero-order valence-corrected chi connectivity index (χ0v) is 9.15. The number of benzene rings is 1. The van der Waals surface area contributed by atoms with Crippen molar-refractivity contribution >= 4 is 0 Å². The van der Waals surface area contributed by atoms with Crippen LogP contribution in [0.15, 0.2) is 30.3 Å². The van der Waals surface area contributed by atoms with Crippen LogP contribution < -0.4 is 5.32 Å². The van der Waals surface area contributed by atoms with E-state index in [1.165, 1.54) is 5.56 Å². The van der Waals surface area contributed by atoms with E-state index in [4.69, 9.17) is 9.84 Å². The van der Waals surface area contributed by atoms with Gasteiger partial charge in [-0.15, -0.1) is 0 Å². The molecule has 15 heavy (non-hydrogen) atoms. The highest BCUT2D eigenvalue weighted by Crippen LogP contribution is 2.15. The third-order valence-electron chi connectivity index (χ3n) is 2.32. The average molecular weight is 209 g/mol. The van der Waals surface area contributed by atoms with Gasteiger partial charge < -0.3 is 15.2 Å². The smallest absolute Gasteiger partial charge is 0.0587 e. The summed E-state index contributed by atoms with van der Waals surface area (Å²) in [6, 6.07) is 10.4. The van der Waals surface area contributed by atoms with Crippen LogP contribution in [0.3, 0.4) is 0 Å². The Labute approximate surface area is 91.1 Å². The predicted molar refractivity (Wildman–Crippen MR) is 60.8 cm³/mol. The normalized spacial score (nSPS) is 12.7. The number of ether oxygens (including phenoxy) is 1. The second kappa shape index (κ2) is 7.40. The quantitative estimate of drug-likeness (QED) is 0.666. The van der Waals surface area contributed by atoms with E-state index >= 15 is 0 Å². The summed E-state index contributed by atoms with van der Waals surface area (Å²) >= 11 is 0. The van der Waals surface area contributed by atoms with E-state index in [0.29, 0.717) is 6.61 Å². The minimum atomic E-state index is 0.194. The number of hydrogen-bond acceptors (Lipinski definition) is 3. The summed E-state index contributed by atoms with van der Waals surface area (Å²) < 4.78 is 4.98. The number of aliphatic hydroxyl groups excluding tert-OH is 1. The van der Waals surface area contributed by atoms with Crippen molar-refractivity contribution in [2.24, 2.45) is 0 Å². The van der Waals surface area contributed by atoms with Crippen LogP contribution in [-0.2, 0) is 4.74 Å². The molecule has 84 valence electrons. The fraction of sp³-hybridized carbons (Fsp3) is 0.500. The fourth-order valence-corrected chi connectivity index (χ4v) is 1.54. The Kier molecular flexibility index (Phi) is 6.00. The van der Waals surface area contributed by atoms with E-state index in [2.05, 4.69) is 17.4 Å². The molecule has 0 saturated heterocycles. The Balaban J connectivity index is 2.50. The van der Waals surface area contributed by atoms with Crippen LogP contribution in [-0.4, -0.2) is 32.0 Å². The first-order valence-electron chi connectivity index (χ1n) is 5.26. The van der Waals surface area contributed by atoms with Gasteiger partial charge in [-0.25, -0.2) is 0 Å². The summed E-state index contributed by atoms with van der Waals surface area (Å²) in [4.78, 5) is 0. The van der Waals surface area contributed by atoms with Crippen molar-refractivity contribution in [1.29, 1.82) is 0 Å².